The van der Waals surface area contributed by atoms with E-state index >= 15 is 0 Å². The van der Waals surface area contributed by atoms with Crippen molar-refractivity contribution in [2.24, 2.45) is 17.4 Å². The van der Waals surface area contributed by atoms with Crippen molar-refractivity contribution in [2.75, 3.05) is 18.0 Å². The van der Waals surface area contributed by atoms with Crippen molar-refractivity contribution in [1.29, 1.82) is 0 Å². The van der Waals surface area contributed by atoms with Crippen LogP contribution in [0, 0.1) is 11.7 Å². The smallest absolute Gasteiger partial charge is 0.253 e. The first kappa shape index (κ1) is 14.8. The number of amides is 1. The lowest BCUT2D eigenvalue weighted by molar-refractivity contribution is 0.0997. The summed E-state index contributed by atoms with van der Waals surface area (Å²) in [6, 6.07) is 4.90. The summed E-state index contributed by atoms with van der Waals surface area (Å²) in [6.45, 7) is 3.31. The van der Waals surface area contributed by atoms with Gasteiger partial charge in [-0.05, 0) is 44.4 Å². The van der Waals surface area contributed by atoms with Crippen LogP contribution in [0.25, 0.3) is 0 Å². The van der Waals surface area contributed by atoms with Crippen LogP contribution in [0.2, 0.25) is 0 Å². The Morgan fingerprint density at radius 2 is 2.20 bits per heavy atom. The second kappa shape index (κ2) is 6.22. The number of nitrogens with zero attached hydrogens (tertiary/aromatic N) is 1. The summed E-state index contributed by atoms with van der Waals surface area (Å²) in [7, 11) is 0. The fourth-order valence-electron chi connectivity index (χ4n) is 3.28. The van der Waals surface area contributed by atoms with E-state index < -0.39 is 11.7 Å². The summed E-state index contributed by atoms with van der Waals surface area (Å²) in [5.74, 6) is -0.895. The molecule has 5 heteroatoms. The molecular formula is C15H22FN3O. The van der Waals surface area contributed by atoms with Gasteiger partial charge in [-0.1, -0.05) is 12.5 Å². The molecule has 0 saturated heterocycles. The van der Waals surface area contributed by atoms with E-state index in [4.69, 9.17) is 11.5 Å². The van der Waals surface area contributed by atoms with Gasteiger partial charge in [-0.2, -0.15) is 0 Å². The van der Waals surface area contributed by atoms with E-state index in [0.29, 0.717) is 24.7 Å². The van der Waals surface area contributed by atoms with Crippen LogP contribution in [-0.4, -0.2) is 25.0 Å². The third kappa shape index (κ3) is 2.63. The fourth-order valence-corrected chi connectivity index (χ4v) is 3.28. The minimum absolute atomic E-state index is 0.0166. The Balaban J connectivity index is 2.42. The molecule has 1 aromatic carbocycles. The summed E-state index contributed by atoms with van der Waals surface area (Å²) in [4.78, 5) is 13.6. The normalized spacial score (nSPS) is 21.9. The first-order valence-corrected chi connectivity index (χ1v) is 7.15. The van der Waals surface area contributed by atoms with Gasteiger partial charge in [0, 0.05) is 12.6 Å². The number of rotatable bonds is 5. The molecule has 4 N–H and O–H groups in total. The number of halogens is 1. The van der Waals surface area contributed by atoms with Crippen molar-refractivity contribution < 1.29 is 9.18 Å². The number of carbonyl (C=O) groups excluding carboxylic acids is 1. The van der Waals surface area contributed by atoms with Crippen molar-refractivity contribution in [3.05, 3.63) is 29.6 Å². The molecule has 1 aliphatic rings. The van der Waals surface area contributed by atoms with Crippen molar-refractivity contribution >= 4 is 11.6 Å². The Morgan fingerprint density at radius 1 is 1.45 bits per heavy atom. The lowest BCUT2D eigenvalue weighted by Crippen LogP contribution is -2.41. The van der Waals surface area contributed by atoms with Gasteiger partial charge < -0.3 is 16.4 Å². The summed E-state index contributed by atoms with van der Waals surface area (Å²) in [6.07, 6.45) is 3.22. The van der Waals surface area contributed by atoms with Crippen molar-refractivity contribution in [3.63, 3.8) is 0 Å². The maximum absolute atomic E-state index is 13.9. The van der Waals surface area contributed by atoms with Crippen molar-refractivity contribution in [3.8, 4) is 0 Å². The number of primary amides is 1. The quantitative estimate of drug-likeness (QED) is 0.864. The van der Waals surface area contributed by atoms with Crippen LogP contribution in [-0.2, 0) is 0 Å². The number of benzene rings is 1. The Kier molecular flexibility index (Phi) is 4.60. The molecule has 1 amide bonds. The first-order valence-electron chi connectivity index (χ1n) is 7.15. The summed E-state index contributed by atoms with van der Waals surface area (Å²) in [5, 5.41) is 0. The average Bonchev–Trinajstić information content (AvgIpc) is 2.87. The highest BCUT2D eigenvalue weighted by molar-refractivity contribution is 5.99. The van der Waals surface area contributed by atoms with E-state index in [2.05, 4.69) is 4.90 Å². The Hall–Kier alpha value is -1.62. The fraction of sp³-hybridized carbons (Fsp3) is 0.533. The van der Waals surface area contributed by atoms with Crippen LogP contribution < -0.4 is 16.4 Å². The Labute approximate surface area is 118 Å². The molecular weight excluding hydrogens is 257 g/mol. The summed E-state index contributed by atoms with van der Waals surface area (Å²) in [5.41, 5.74) is 11.7. The van der Waals surface area contributed by atoms with Gasteiger partial charge in [0.1, 0.15) is 5.82 Å². The monoisotopic (exact) mass is 279 g/mol. The lowest BCUT2D eigenvalue weighted by atomic mass is 10.00. The molecule has 0 spiro atoms. The molecule has 2 unspecified atom stereocenters. The number of hydrogen-bond donors (Lipinski definition) is 2. The highest BCUT2D eigenvalue weighted by Gasteiger charge is 2.32. The second-order valence-corrected chi connectivity index (χ2v) is 5.28. The summed E-state index contributed by atoms with van der Waals surface area (Å²) < 4.78 is 13.9. The van der Waals surface area contributed by atoms with Gasteiger partial charge in [0.2, 0.25) is 0 Å². The highest BCUT2D eigenvalue weighted by Crippen LogP contribution is 2.34. The molecule has 1 fully saturated rings. The highest BCUT2D eigenvalue weighted by atomic mass is 19.1. The van der Waals surface area contributed by atoms with E-state index in [-0.39, 0.29) is 11.6 Å². The van der Waals surface area contributed by atoms with Crippen LogP contribution in [0.4, 0.5) is 10.1 Å². The van der Waals surface area contributed by atoms with Crippen molar-refractivity contribution in [1.82, 2.24) is 0 Å². The Bertz CT molecular complexity index is 492. The zero-order valence-electron chi connectivity index (χ0n) is 11.8. The van der Waals surface area contributed by atoms with E-state index in [0.717, 1.165) is 19.3 Å². The topological polar surface area (TPSA) is 72.3 Å². The van der Waals surface area contributed by atoms with E-state index in [1.165, 1.54) is 6.07 Å². The lowest BCUT2D eigenvalue weighted by Gasteiger charge is -2.34. The minimum Gasteiger partial charge on any atom is -0.368 e. The average molecular weight is 279 g/mol. The van der Waals surface area contributed by atoms with Gasteiger partial charge in [0.25, 0.3) is 5.91 Å². The number of nitrogens with two attached hydrogens (primary N) is 2. The van der Waals surface area contributed by atoms with Crippen LogP contribution >= 0.6 is 0 Å². The zero-order chi connectivity index (χ0) is 14.7. The maximum Gasteiger partial charge on any atom is 0.253 e. The number of carbonyl (C=O) groups is 1. The van der Waals surface area contributed by atoms with Gasteiger partial charge in [-0.25, -0.2) is 4.39 Å². The predicted octanol–water partition coefficient (Wildman–Crippen LogP) is 1.88. The first-order chi connectivity index (χ1) is 9.60. The van der Waals surface area contributed by atoms with Crippen LogP contribution in [0.3, 0.4) is 0 Å². The molecule has 1 aliphatic carbocycles. The van der Waals surface area contributed by atoms with E-state index in [1.54, 1.807) is 12.1 Å². The molecule has 2 atom stereocenters. The number of hydrogen-bond acceptors (Lipinski definition) is 3. The maximum atomic E-state index is 13.9. The molecule has 0 heterocycles. The molecule has 4 nitrogen and oxygen atoms in total. The molecule has 20 heavy (non-hydrogen) atoms. The zero-order valence-corrected chi connectivity index (χ0v) is 11.8. The van der Waals surface area contributed by atoms with Crippen molar-refractivity contribution in [2.45, 2.75) is 32.2 Å². The van der Waals surface area contributed by atoms with Crippen LogP contribution in [0.5, 0.6) is 0 Å². The SMILES string of the molecule is CCN(c1cccc(F)c1C(N)=O)C1CCCC1CN. The molecule has 0 aromatic heterocycles. The standard InChI is InChI=1S/C15H22FN3O/c1-2-19(12-7-3-5-10(12)9-17)13-8-4-6-11(16)14(13)15(18)20/h4,6,8,10,12H,2-3,5,7,9,17H2,1H3,(H2,18,20). The molecule has 0 radical (unpaired) electrons. The predicted molar refractivity (Wildman–Crippen MR) is 78.1 cm³/mol. The van der Waals surface area contributed by atoms with Gasteiger partial charge in [0.15, 0.2) is 0 Å². The molecule has 0 bridgehead atoms. The third-order valence-corrected chi connectivity index (χ3v) is 4.21. The molecule has 0 aliphatic heterocycles. The third-order valence-electron chi connectivity index (χ3n) is 4.21. The van der Waals surface area contributed by atoms with Crippen LogP contribution in [0.15, 0.2) is 18.2 Å². The summed E-state index contributed by atoms with van der Waals surface area (Å²) >= 11 is 0. The minimum atomic E-state index is -0.723. The largest absolute Gasteiger partial charge is 0.368 e. The van der Waals surface area contributed by atoms with Gasteiger partial charge >= 0.3 is 0 Å². The van der Waals surface area contributed by atoms with Gasteiger partial charge in [-0.15, -0.1) is 0 Å². The van der Waals surface area contributed by atoms with E-state index in [1.807, 2.05) is 6.92 Å². The molecule has 110 valence electrons. The molecule has 1 aromatic rings. The van der Waals surface area contributed by atoms with E-state index in [9.17, 15) is 9.18 Å². The second-order valence-electron chi connectivity index (χ2n) is 5.28. The van der Waals surface area contributed by atoms with Gasteiger partial charge in [-0.3, -0.25) is 4.79 Å². The van der Waals surface area contributed by atoms with Crippen LogP contribution in [0.1, 0.15) is 36.5 Å². The molecule has 2 rings (SSSR count). The molecule has 1 saturated carbocycles. The Morgan fingerprint density at radius 3 is 2.80 bits per heavy atom. The number of anilines is 1. The van der Waals surface area contributed by atoms with Gasteiger partial charge in [0.05, 0.1) is 11.3 Å².